The molecule has 4 nitrogen and oxygen atoms in total. The monoisotopic (exact) mass is 319 g/mol. The van der Waals surface area contributed by atoms with Gasteiger partial charge in [0.1, 0.15) is 0 Å². The molecule has 1 aromatic heterocycles. The summed E-state index contributed by atoms with van der Waals surface area (Å²) in [6.07, 6.45) is 4.91. The summed E-state index contributed by atoms with van der Waals surface area (Å²) in [6.45, 7) is 1.83. The molecule has 0 saturated carbocycles. The van der Waals surface area contributed by atoms with Gasteiger partial charge in [0, 0.05) is 27.9 Å². The first kappa shape index (κ1) is 15.5. The van der Waals surface area contributed by atoms with Gasteiger partial charge in [0.05, 0.1) is 11.5 Å². The van der Waals surface area contributed by atoms with Crippen LogP contribution in [0.3, 0.4) is 0 Å². The van der Waals surface area contributed by atoms with Gasteiger partial charge < -0.3 is 0 Å². The van der Waals surface area contributed by atoms with Crippen molar-refractivity contribution in [2.45, 2.75) is 17.1 Å². The predicted molar refractivity (Wildman–Crippen MR) is 86.7 cm³/mol. The second-order valence-corrected chi connectivity index (χ2v) is 6.09. The summed E-state index contributed by atoms with van der Waals surface area (Å²) in [6, 6.07) is 11.0. The van der Waals surface area contributed by atoms with E-state index >= 15 is 0 Å². The zero-order valence-electron chi connectivity index (χ0n) is 11.4. The zero-order valence-corrected chi connectivity index (χ0v) is 12.9. The van der Waals surface area contributed by atoms with Gasteiger partial charge in [-0.2, -0.15) is 5.10 Å². The summed E-state index contributed by atoms with van der Waals surface area (Å²) < 4.78 is 0. The highest BCUT2D eigenvalue weighted by molar-refractivity contribution is 8.00. The molecular formula is C15H14ClN3OS. The Morgan fingerprint density at radius 1 is 1.38 bits per heavy atom. The van der Waals surface area contributed by atoms with Gasteiger partial charge in [-0.1, -0.05) is 17.7 Å². The molecule has 1 unspecified atom stereocenters. The maximum Gasteiger partial charge on any atom is 0.253 e. The fraction of sp³-hybridized carbons (Fsp3) is 0.133. The predicted octanol–water partition coefficient (Wildman–Crippen LogP) is 3.37. The number of pyridine rings is 1. The molecule has 2 rings (SSSR count). The number of carbonyl (C=O) groups is 1. The SMILES string of the molecule is CC(Sc1ccc(Cl)cc1)C(=O)NN=Cc1cccnc1. The Morgan fingerprint density at radius 2 is 2.14 bits per heavy atom. The fourth-order valence-electron chi connectivity index (χ4n) is 1.48. The first-order valence-electron chi connectivity index (χ1n) is 6.30. The molecule has 0 bridgehead atoms. The van der Waals surface area contributed by atoms with Crippen LogP contribution in [0.4, 0.5) is 0 Å². The third kappa shape index (κ3) is 5.21. The van der Waals surface area contributed by atoms with E-state index in [1.165, 1.54) is 11.8 Å². The minimum absolute atomic E-state index is 0.157. The molecule has 0 saturated heterocycles. The number of aromatic nitrogens is 1. The number of rotatable bonds is 5. The molecule has 1 heterocycles. The quantitative estimate of drug-likeness (QED) is 0.522. The smallest absolute Gasteiger partial charge is 0.253 e. The van der Waals surface area contributed by atoms with Crippen molar-refractivity contribution in [3.8, 4) is 0 Å². The van der Waals surface area contributed by atoms with Gasteiger partial charge in [0.2, 0.25) is 0 Å². The van der Waals surface area contributed by atoms with E-state index < -0.39 is 0 Å². The van der Waals surface area contributed by atoms with Gasteiger partial charge in [-0.3, -0.25) is 9.78 Å². The highest BCUT2D eigenvalue weighted by atomic mass is 35.5. The number of benzene rings is 1. The maximum atomic E-state index is 11.9. The van der Waals surface area contributed by atoms with Gasteiger partial charge in [-0.25, -0.2) is 5.43 Å². The molecule has 0 aliphatic rings. The van der Waals surface area contributed by atoms with Crippen LogP contribution in [0.15, 0.2) is 58.8 Å². The van der Waals surface area contributed by atoms with Crippen molar-refractivity contribution < 1.29 is 4.79 Å². The number of nitrogens with zero attached hydrogens (tertiary/aromatic N) is 2. The van der Waals surface area contributed by atoms with E-state index in [4.69, 9.17) is 11.6 Å². The Hall–Kier alpha value is -1.85. The van der Waals surface area contributed by atoms with Crippen LogP contribution in [0, 0.1) is 0 Å². The number of thioether (sulfide) groups is 1. The molecule has 2 aromatic rings. The first-order chi connectivity index (χ1) is 10.1. The minimum atomic E-state index is -0.253. The lowest BCUT2D eigenvalue weighted by Crippen LogP contribution is -2.26. The first-order valence-corrected chi connectivity index (χ1v) is 7.56. The normalized spacial score (nSPS) is 12.3. The molecule has 0 radical (unpaired) electrons. The van der Waals surface area contributed by atoms with E-state index in [1.807, 2.05) is 31.2 Å². The highest BCUT2D eigenvalue weighted by Gasteiger charge is 2.13. The van der Waals surface area contributed by atoms with Crippen molar-refractivity contribution in [2.75, 3.05) is 0 Å². The van der Waals surface area contributed by atoms with Crippen molar-refractivity contribution in [2.24, 2.45) is 5.10 Å². The molecular weight excluding hydrogens is 306 g/mol. The summed E-state index contributed by atoms with van der Waals surface area (Å²) in [4.78, 5) is 16.9. The standard InChI is InChI=1S/C15H14ClN3OS/c1-11(21-14-6-4-13(16)5-7-14)15(20)19-18-10-12-3-2-8-17-9-12/h2-11H,1H3,(H,19,20). The van der Waals surface area contributed by atoms with Crippen LogP contribution in [0.1, 0.15) is 12.5 Å². The molecule has 108 valence electrons. The summed E-state index contributed by atoms with van der Waals surface area (Å²) in [5.41, 5.74) is 3.35. The topological polar surface area (TPSA) is 54.4 Å². The molecule has 6 heteroatoms. The number of carbonyl (C=O) groups excluding carboxylic acids is 1. The van der Waals surface area contributed by atoms with Crippen molar-refractivity contribution >= 4 is 35.5 Å². The lowest BCUT2D eigenvalue weighted by atomic mass is 10.3. The average Bonchev–Trinajstić information content (AvgIpc) is 2.50. The van der Waals surface area contributed by atoms with Gasteiger partial charge in [0.25, 0.3) is 5.91 Å². The molecule has 0 aliphatic carbocycles. The van der Waals surface area contributed by atoms with Gasteiger partial charge in [-0.15, -0.1) is 11.8 Å². The highest BCUT2D eigenvalue weighted by Crippen LogP contribution is 2.24. The Bertz CT molecular complexity index is 617. The number of hydrogen-bond acceptors (Lipinski definition) is 4. The van der Waals surface area contributed by atoms with Crippen LogP contribution in [-0.2, 0) is 4.79 Å². The lowest BCUT2D eigenvalue weighted by molar-refractivity contribution is -0.120. The van der Waals surface area contributed by atoms with Crippen molar-refractivity contribution in [3.05, 3.63) is 59.4 Å². The number of halogens is 1. The van der Waals surface area contributed by atoms with E-state index in [1.54, 1.807) is 30.7 Å². The Kier molecular flexibility index (Phi) is 5.78. The van der Waals surface area contributed by atoms with Crippen LogP contribution in [0.2, 0.25) is 5.02 Å². The molecule has 1 atom stereocenters. The number of nitrogens with one attached hydrogen (secondary N) is 1. The molecule has 21 heavy (non-hydrogen) atoms. The molecule has 1 aromatic carbocycles. The van der Waals surface area contributed by atoms with Crippen LogP contribution in [0.25, 0.3) is 0 Å². The van der Waals surface area contributed by atoms with Crippen LogP contribution in [0.5, 0.6) is 0 Å². The number of hydrogen-bond donors (Lipinski definition) is 1. The van der Waals surface area contributed by atoms with E-state index in [0.717, 1.165) is 10.5 Å². The van der Waals surface area contributed by atoms with Gasteiger partial charge in [-0.05, 0) is 37.3 Å². The van der Waals surface area contributed by atoms with E-state index in [-0.39, 0.29) is 11.2 Å². The van der Waals surface area contributed by atoms with Crippen LogP contribution >= 0.6 is 23.4 Å². The molecule has 1 N–H and O–H groups in total. The van der Waals surface area contributed by atoms with Gasteiger partial charge >= 0.3 is 0 Å². The largest absolute Gasteiger partial charge is 0.272 e. The van der Waals surface area contributed by atoms with Crippen LogP contribution < -0.4 is 5.43 Å². The lowest BCUT2D eigenvalue weighted by Gasteiger charge is -2.09. The Balaban J connectivity index is 1.85. The molecule has 1 amide bonds. The third-order valence-electron chi connectivity index (χ3n) is 2.57. The number of hydrazone groups is 1. The van der Waals surface area contributed by atoms with Crippen molar-refractivity contribution in [1.82, 2.24) is 10.4 Å². The molecule has 0 spiro atoms. The maximum absolute atomic E-state index is 11.9. The Labute approximate surface area is 132 Å². The molecule has 0 aliphatic heterocycles. The summed E-state index contributed by atoms with van der Waals surface area (Å²) >= 11 is 7.27. The summed E-state index contributed by atoms with van der Waals surface area (Å²) in [7, 11) is 0. The fourth-order valence-corrected chi connectivity index (χ4v) is 2.47. The minimum Gasteiger partial charge on any atom is -0.272 e. The Morgan fingerprint density at radius 3 is 2.81 bits per heavy atom. The molecule has 0 fully saturated rings. The van der Waals surface area contributed by atoms with E-state index in [2.05, 4.69) is 15.5 Å². The number of amides is 1. The summed E-state index contributed by atoms with van der Waals surface area (Å²) in [5, 5.41) is 4.35. The van der Waals surface area contributed by atoms with Crippen LogP contribution in [-0.4, -0.2) is 22.4 Å². The third-order valence-corrected chi connectivity index (χ3v) is 3.93. The second kappa shape index (κ2) is 7.81. The van der Waals surface area contributed by atoms with Gasteiger partial charge in [0.15, 0.2) is 0 Å². The zero-order chi connectivity index (χ0) is 15.1. The second-order valence-electron chi connectivity index (χ2n) is 4.23. The average molecular weight is 320 g/mol. The van der Waals surface area contributed by atoms with Crippen molar-refractivity contribution in [1.29, 1.82) is 0 Å². The van der Waals surface area contributed by atoms with E-state index in [9.17, 15) is 4.79 Å². The summed E-state index contributed by atoms with van der Waals surface area (Å²) in [5.74, 6) is -0.157. The van der Waals surface area contributed by atoms with E-state index in [0.29, 0.717) is 5.02 Å². The van der Waals surface area contributed by atoms with Crippen molar-refractivity contribution in [3.63, 3.8) is 0 Å².